The molecule has 0 saturated heterocycles. The molecular weight excluding hydrogens is 604 g/mol. The maximum atomic E-state index is 11.6. The number of halogens is 1. The highest BCUT2D eigenvalue weighted by atomic mass is 35.5. The van der Waals surface area contributed by atoms with Crippen molar-refractivity contribution < 1.29 is 33.6 Å². The Morgan fingerprint density at radius 1 is 1.02 bits per heavy atom. The highest BCUT2D eigenvalue weighted by Gasteiger charge is 2.18. The van der Waals surface area contributed by atoms with Crippen molar-refractivity contribution in [2.75, 3.05) is 31.0 Å². The van der Waals surface area contributed by atoms with Crippen LogP contribution in [-0.4, -0.2) is 51.4 Å². The van der Waals surface area contributed by atoms with Gasteiger partial charge in [0.15, 0.2) is 5.57 Å². The number of nitrogen functional groups attached to an aromatic ring is 2. The van der Waals surface area contributed by atoms with Crippen LogP contribution in [0.2, 0.25) is 0 Å². The molecule has 2 aromatic carbocycles. The van der Waals surface area contributed by atoms with E-state index in [1.807, 2.05) is 0 Å². The summed E-state index contributed by atoms with van der Waals surface area (Å²) >= 11 is 0. The molecule has 0 fully saturated rings. The third-order valence-electron chi connectivity index (χ3n) is 4.79. The number of hydrogen-bond donors (Lipinski definition) is 3. The van der Waals surface area contributed by atoms with Crippen molar-refractivity contribution in [2.45, 2.75) is 20.8 Å². The van der Waals surface area contributed by atoms with E-state index in [-0.39, 0.29) is 53.9 Å². The Labute approximate surface area is 257 Å². The number of hydrogen-bond acceptors (Lipinski definition) is 14. The van der Waals surface area contributed by atoms with Gasteiger partial charge in [-0.25, -0.2) is 14.3 Å². The SMILES string of the molecule is CCO/C=C(/C#N)C(=O)OCC.CCOC(=O)c1cnn(-c2cccc([N+](=O)[O-])c2)c1N.Cl.NNc1cccc([N+](=O)[O-])c1. The van der Waals surface area contributed by atoms with Crippen LogP contribution in [0.25, 0.3) is 5.69 Å². The molecule has 0 unspecified atom stereocenters. The molecule has 0 atom stereocenters. The molecule has 1 aromatic heterocycles. The van der Waals surface area contributed by atoms with Crippen molar-refractivity contribution >= 4 is 47.2 Å². The second kappa shape index (κ2) is 20.2. The van der Waals surface area contributed by atoms with Crippen molar-refractivity contribution in [3.05, 3.63) is 92.4 Å². The summed E-state index contributed by atoms with van der Waals surface area (Å²) in [6.07, 6.45) is 2.38. The molecular formula is C26H31ClN8O9. The van der Waals surface area contributed by atoms with Crippen molar-refractivity contribution in [2.24, 2.45) is 5.84 Å². The molecule has 0 amide bonds. The van der Waals surface area contributed by atoms with E-state index in [9.17, 15) is 29.8 Å². The standard InChI is InChI=1S/C12H12N4O4.C8H11NO3.C6H7N3O2.ClH/c1-2-20-12(17)10-7-14-15(11(10)13)8-4-3-5-9(6-8)16(18)19;1-3-11-6-7(5-9)8(10)12-4-2;7-8-5-2-1-3-6(4-5)9(10)11;/h3-7H,2,13H2,1H3;6H,3-4H2,1-2H3;1-4,8H,7H2;1H/b;7-6-;;. The number of rotatable bonds is 10. The molecule has 3 rings (SSSR count). The van der Waals surface area contributed by atoms with Gasteiger partial charge in [-0.3, -0.25) is 26.1 Å². The summed E-state index contributed by atoms with van der Waals surface area (Å²) in [6, 6.07) is 13.4. The van der Waals surface area contributed by atoms with Gasteiger partial charge >= 0.3 is 11.9 Å². The number of ether oxygens (including phenoxy) is 3. The highest BCUT2D eigenvalue weighted by molar-refractivity contribution is 5.94. The van der Waals surface area contributed by atoms with E-state index >= 15 is 0 Å². The molecule has 0 aliphatic heterocycles. The number of esters is 2. The lowest BCUT2D eigenvalue weighted by Gasteiger charge is -2.05. The number of nitrogens with two attached hydrogens (primary N) is 2. The second-order valence-electron chi connectivity index (χ2n) is 7.62. The quantitative estimate of drug-likeness (QED) is 0.0544. The van der Waals surface area contributed by atoms with Gasteiger partial charge in [-0.15, -0.1) is 12.4 Å². The van der Waals surface area contributed by atoms with Crippen LogP contribution in [0.5, 0.6) is 0 Å². The van der Waals surface area contributed by atoms with Gasteiger partial charge in [0.05, 0.1) is 47.2 Å². The number of nitriles is 1. The smallest absolute Gasteiger partial charge is 0.352 e. The summed E-state index contributed by atoms with van der Waals surface area (Å²) < 4.78 is 15.4. The van der Waals surface area contributed by atoms with Crippen molar-refractivity contribution in [1.82, 2.24) is 9.78 Å². The van der Waals surface area contributed by atoms with Crippen LogP contribution in [0.4, 0.5) is 22.9 Å². The number of nitro groups is 2. The van der Waals surface area contributed by atoms with E-state index < -0.39 is 21.8 Å². The zero-order valence-electron chi connectivity index (χ0n) is 23.9. The average Bonchev–Trinajstić information content (AvgIpc) is 3.39. The summed E-state index contributed by atoms with van der Waals surface area (Å²) in [5.41, 5.74) is 9.01. The first-order chi connectivity index (χ1) is 20.5. The Morgan fingerprint density at radius 3 is 2.14 bits per heavy atom. The van der Waals surface area contributed by atoms with E-state index in [0.717, 1.165) is 6.26 Å². The first-order valence-electron chi connectivity index (χ1n) is 12.4. The molecule has 0 radical (unpaired) electrons. The van der Waals surface area contributed by atoms with E-state index in [1.54, 1.807) is 45.0 Å². The number of non-ortho nitro benzene ring substituents is 2. The topological polar surface area (TPSA) is 254 Å². The molecule has 44 heavy (non-hydrogen) atoms. The van der Waals surface area contributed by atoms with Crippen LogP contribution in [0.3, 0.4) is 0 Å². The molecule has 0 spiro atoms. The number of carbonyl (C=O) groups is 2. The molecule has 0 saturated carbocycles. The summed E-state index contributed by atoms with van der Waals surface area (Å²) in [4.78, 5) is 42.5. The maximum Gasteiger partial charge on any atom is 0.352 e. The third kappa shape index (κ3) is 12.0. The summed E-state index contributed by atoms with van der Waals surface area (Å²) in [5.74, 6) is 3.89. The Hall–Kier alpha value is -5.73. The van der Waals surface area contributed by atoms with Gasteiger partial charge in [0, 0.05) is 24.3 Å². The fourth-order valence-corrected chi connectivity index (χ4v) is 2.87. The van der Waals surface area contributed by atoms with Crippen LogP contribution in [-0.2, 0) is 19.0 Å². The van der Waals surface area contributed by atoms with E-state index in [2.05, 4.69) is 15.3 Å². The molecule has 1 heterocycles. The minimum absolute atomic E-state index is 0. The maximum absolute atomic E-state index is 11.6. The first kappa shape index (κ1) is 38.3. The fraction of sp³-hybridized carbons (Fsp3) is 0.231. The summed E-state index contributed by atoms with van der Waals surface area (Å²) in [6.45, 7) is 6.01. The van der Waals surface area contributed by atoms with Crippen LogP contribution in [0, 0.1) is 31.6 Å². The van der Waals surface area contributed by atoms with Crippen LogP contribution in [0.1, 0.15) is 31.1 Å². The van der Waals surface area contributed by atoms with Gasteiger partial charge in [0.1, 0.15) is 23.7 Å². The molecule has 236 valence electrons. The third-order valence-corrected chi connectivity index (χ3v) is 4.79. The Bertz CT molecular complexity index is 1490. The number of hydrazine groups is 1. The largest absolute Gasteiger partial charge is 0.500 e. The minimum Gasteiger partial charge on any atom is -0.500 e. The first-order valence-corrected chi connectivity index (χ1v) is 12.4. The zero-order chi connectivity index (χ0) is 32.4. The number of nitrogens with zero attached hydrogens (tertiary/aromatic N) is 5. The summed E-state index contributed by atoms with van der Waals surface area (Å²) in [7, 11) is 0. The number of nitro benzene ring substituents is 2. The predicted molar refractivity (Wildman–Crippen MR) is 161 cm³/mol. The van der Waals surface area contributed by atoms with Gasteiger partial charge in [-0.05, 0) is 32.9 Å². The van der Waals surface area contributed by atoms with Crippen LogP contribution < -0.4 is 17.0 Å². The Morgan fingerprint density at radius 2 is 1.61 bits per heavy atom. The van der Waals surface area contributed by atoms with Gasteiger partial charge in [0.2, 0.25) is 0 Å². The average molecular weight is 635 g/mol. The van der Waals surface area contributed by atoms with Crippen molar-refractivity contribution in [1.29, 1.82) is 5.26 Å². The number of nitrogens with one attached hydrogen (secondary N) is 1. The van der Waals surface area contributed by atoms with E-state index in [4.69, 9.17) is 26.3 Å². The van der Waals surface area contributed by atoms with Gasteiger partial charge in [-0.2, -0.15) is 10.4 Å². The number of aromatic nitrogens is 2. The normalized spacial score (nSPS) is 9.75. The monoisotopic (exact) mass is 634 g/mol. The number of carbonyl (C=O) groups excluding carboxylic acids is 2. The summed E-state index contributed by atoms with van der Waals surface area (Å²) in [5, 5.41) is 33.4. The lowest BCUT2D eigenvalue weighted by Crippen LogP contribution is -2.09. The number of anilines is 2. The molecule has 0 aliphatic rings. The minimum atomic E-state index is -0.645. The number of benzene rings is 2. The molecule has 3 aromatic rings. The molecule has 0 bridgehead atoms. The van der Waals surface area contributed by atoms with Gasteiger partial charge in [0.25, 0.3) is 11.4 Å². The predicted octanol–water partition coefficient (Wildman–Crippen LogP) is 3.84. The molecule has 17 nitrogen and oxygen atoms in total. The Balaban J connectivity index is 0.000000667. The lowest BCUT2D eigenvalue weighted by molar-refractivity contribution is -0.385. The molecule has 5 N–H and O–H groups in total. The molecule has 0 aliphatic carbocycles. The van der Waals surface area contributed by atoms with Crippen molar-refractivity contribution in [3.63, 3.8) is 0 Å². The van der Waals surface area contributed by atoms with E-state index in [1.165, 1.54) is 41.2 Å². The fourth-order valence-electron chi connectivity index (χ4n) is 2.87. The van der Waals surface area contributed by atoms with Gasteiger partial charge < -0.3 is 25.4 Å². The zero-order valence-corrected chi connectivity index (χ0v) is 24.7. The van der Waals surface area contributed by atoms with Crippen LogP contribution >= 0.6 is 12.4 Å². The molecule has 18 heteroatoms. The van der Waals surface area contributed by atoms with Gasteiger partial charge in [-0.1, -0.05) is 12.1 Å². The highest BCUT2D eigenvalue weighted by Crippen LogP contribution is 2.21. The Kier molecular flexibility index (Phi) is 17.6. The van der Waals surface area contributed by atoms with E-state index in [0.29, 0.717) is 18.0 Å². The van der Waals surface area contributed by atoms with Crippen LogP contribution in [0.15, 0.2) is 66.6 Å². The van der Waals surface area contributed by atoms with Crippen molar-refractivity contribution in [3.8, 4) is 11.8 Å². The lowest BCUT2D eigenvalue weighted by atomic mass is 10.2. The second-order valence-corrected chi connectivity index (χ2v) is 7.62.